The maximum atomic E-state index is 12.9. The van der Waals surface area contributed by atoms with Crippen LogP contribution >= 0.6 is 0 Å². The van der Waals surface area contributed by atoms with E-state index in [1.54, 1.807) is 36.4 Å². The molecule has 1 aliphatic rings. The van der Waals surface area contributed by atoms with Crippen molar-refractivity contribution in [1.82, 2.24) is 0 Å². The Morgan fingerprint density at radius 2 is 1.73 bits per heavy atom. The van der Waals surface area contributed by atoms with E-state index in [1.807, 2.05) is 30.3 Å². The maximum absolute atomic E-state index is 12.9. The Balaban J connectivity index is 1.43. The SMILES string of the molecule is CS(=O)(=O)N1C[C@@H](C(=O)Nc2ccc3c(c2)oc2ccccc23)Oc2ccccc21. The van der Waals surface area contributed by atoms with Crippen LogP contribution in [0.25, 0.3) is 21.9 Å². The van der Waals surface area contributed by atoms with E-state index in [1.165, 1.54) is 4.31 Å². The van der Waals surface area contributed by atoms with Gasteiger partial charge >= 0.3 is 0 Å². The Labute approximate surface area is 172 Å². The van der Waals surface area contributed by atoms with Crippen molar-refractivity contribution in [3.8, 4) is 5.75 Å². The van der Waals surface area contributed by atoms with Crippen molar-refractivity contribution in [3.05, 3.63) is 66.7 Å². The van der Waals surface area contributed by atoms with E-state index in [9.17, 15) is 13.2 Å². The molecule has 1 aromatic heterocycles. The first-order chi connectivity index (χ1) is 14.4. The molecule has 0 aliphatic carbocycles. The van der Waals surface area contributed by atoms with E-state index >= 15 is 0 Å². The number of sulfonamides is 1. The summed E-state index contributed by atoms with van der Waals surface area (Å²) in [6, 6.07) is 19.9. The number of para-hydroxylation sites is 3. The molecule has 8 heteroatoms. The van der Waals surface area contributed by atoms with E-state index in [2.05, 4.69) is 5.32 Å². The zero-order chi connectivity index (χ0) is 20.9. The molecule has 0 fully saturated rings. The Kier molecular flexibility index (Phi) is 4.18. The lowest BCUT2D eigenvalue weighted by molar-refractivity contribution is -0.122. The number of fused-ring (bicyclic) bond motifs is 4. The number of carbonyl (C=O) groups excluding carboxylic acids is 1. The summed E-state index contributed by atoms with van der Waals surface area (Å²) in [6.07, 6.45) is 0.125. The number of hydrogen-bond acceptors (Lipinski definition) is 5. The normalized spacial score (nSPS) is 16.3. The molecule has 0 radical (unpaired) electrons. The molecule has 1 aliphatic heterocycles. The summed E-state index contributed by atoms with van der Waals surface area (Å²) < 4.78 is 37.3. The number of benzene rings is 3. The highest BCUT2D eigenvalue weighted by molar-refractivity contribution is 7.92. The number of rotatable bonds is 3. The minimum Gasteiger partial charge on any atom is -0.476 e. The van der Waals surface area contributed by atoms with Crippen molar-refractivity contribution in [1.29, 1.82) is 0 Å². The van der Waals surface area contributed by atoms with Crippen molar-refractivity contribution in [2.45, 2.75) is 6.10 Å². The van der Waals surface area contributed by atoms with Crippen LogP contribution in [0.3, 0.4) is 0 Å². The van der Waals surface area contributed by atoms with Gasteiger partial charge in [-0.15, -0.1) is 0 Å². The van der Waals surface area contributed by atoms with E-state index in [-0.39, 0.29) is 6.54 Å². The van der Waals surface area contributed by atoms with Gasteiger partial charge in [0.15, 0.2) is 6.10 Å². The highest BCUT2D eigenvalue weighted by Crippen LogP contribution is 2.35. The van der Waals surface area contributed by atoms with Gasteiger partial charge < -0.3 is 14.5 Å². The van der Waals surface area contributed by atoms with E-state index in [0.717, 1.165) is 22.6 Å². The molecule has 3 aromatic carbocycles. The van der Waals surface area contributed by atoms with Gasteiger partial charge in [-0.3, -0.25) is 9.10 Å². The zero-order valence-electron chi connectivity index (χ0n) is 16.0. The zero-order valence-corrected chi connectivity index (χ0v) is 16.8. The molecule has 0 saturated carbocycles. The molecule has 5 rings (SSSR count). The van der Waals surface area contributed by atoms with Crippen LogP contribution in [0.5, 0.6) is 5.75 Å². The van der Waals surface area contributed by atoms with Gasteiger partial charge in [-0.2, -0.15) is 0 Å². The summed E-state index contributed by atoms with van der Waals surface area (Å²) >= 11 is 0. The molecular weight excluding hydrogens is 404 g/mol. The summed E-state index contributed by atoms with van der Waals surface area (Å²) in [7, 11) is -3.56. The largest absolute Gasteiger partial charge is 0.476 e. The molecule has 2 heterocycles. The average molecular weight is 422 g/mol. The molecule has 0 saturated heterocycles. The first kappa shape index (κ1) is 18.5. The van der Waals surface area contributed by atoms with Crippen molar-refractivity contribution in [2.24, 2.45) is 0 Å². The molecule has 0 unspecified atom stereocenters. The van der Waals surface area contributed by atoms with Gasteiger partial charge in [0, 0.05) is 22.5 Å². The van der Waals surface area contributed by atoms with Crippen LogP contribution in [-0.2, 0) is 14.8 Å². The number of anilines is 2. The molecule has 0 bridgehead atoms. The number of hydrogen-bond donors (Lipinski definition) is 1. The predicted octanol–water partition coefficient (Wildman–Crippen LogP) is 3.75. The summed E-state index contributed by atoms with van der Waals surface area (Å²) in [5.74, 6) is -0.0873. The van der Waals surface area contributed by atoms with Crippen LogP contribution in [0.15, 0.2) is 71.1 Å². The molecule has 30 heavy (non-hydrogen) atoms. The minimum absolute atomic E-state index is 0.103. The average Bonchev–Trinajstić information content (AvgIpc) is 3.10. The third-order valence-electron chi connectivity index (χ3n) is 5.07. The smallest absolute Gasteiger partial charge is 0.267 e. The van der Waals surface area contributed by atoms with Gasteiger partial charge in [-0.05, 0) is 30.3 Å². The van der Waals surface area contributed by atoms with Gasteiger partial charge in [0.05, 0.1) is 18.5 Å². The van der Waals surface area contributed by atoms with E-state index < -0.39 is 22.0 Å². The fourth-order valence-corrected chi connectivity index (χ4v) is 4.59. The summed E-state index contributed by atoms with van der Waals surface area (Å²) in [5, 5.41) is 4.76. The second kappa shape index (κ2) is 6.77. The minimum atomic E-state index is -3.56. The highest BCUT2D eigenvalue weighted by atomic mass is 32.2. The lowest BCUT2D eigenvalue weighted by Crippen LogP contribution is -2.48. The molecule has 0 spiro atoms. The van der Waals surface area contributed by atoms with Crippen molar-refractivity contribution >= 4 is 49.2 Å². The Hall–Kier alpha value is -3.52. The molecule has 7 nitrogen and oxygen atoms in total. The summed E-state index contributed by atoms with van der Waals surface area (Å²) in [5.41, 5.74) is 2.39. The molecule has 1 N–H and O–H groups in total. The number of amides is 1. The third-order valence-corrected chi connectivity index (χ3v) is 6.22. The Morgan fingerprint density at radius 3 is 2.57 bits per heavy atom. The lowest BCUT2D eigenvalue weighted by Gasteiger charge is -2.33. The van der Waals surface area contributed by atoms with Crippen molar-refractivity contribution in [3.63, 3.8) is 0 Å². The van der Waals surface area contributed by atoms with Gasteiger partial charge in [0.2, 0.25) is 10.0 Å². The Morgan fingerprint density at radius 1 is 1.00 bits per heavy atom. The van der Waals surface area contributed by atoms with Crippen molar-refractivity contribution < 1.29 is 22.4 Å². The lowest BCUT2D eigenvalue weighted by atomic mass is 10.1. The van der Waals surface area contributed by atoms with Gasteiger partial charge in [0.1, 0.15) is 16.9 Å². The predicted molar refractivity (Wildman–Crippen MR) is 115 cm³/mol. The topological polar surface area (TPSA) is 88.9 Å². The number of ether oxygens (including phenoxy) is 1. The van der Waals surface area contributed by atoms with Crippen LogP contribution in [0.4, 0.5) is 11.4 Å². The standard InChI is InChI=1S/C22H18N2O5S/c1-30(26,27)24-13-21(29-19-9-5-3-7-17(19)24)22(25)23-14-10-11-16-15-6-2-4-8-18(15)28-20(16)12-14/h2-12,21H,13H2,1H3,(H,23,25)/t21-/m0/s1. The molecule has 1 amide bonds. The third kappa shape index (κ3) is 3.15. The number of furan rings is 1. The van der Waals surface area contributed by atoms with Crippen LogP contribution in [0.1, 0.15) is 0 Å². The fourth-order valence-electron chi connectivity index (χ4n) is 3.68. The van der Waals surface area contributed by atoms with Crippen LogP contribution in [0.2, 0.25) is 0 Å². The van der Waals surface area contributed by atoms with Gasteiger partial charge in [0.25, 0.3) is 5.91 Å². The van der Waals surface area contributed by atoms with Crippen molar-refractivity contribution in [2.75, 3.05) is 22.4 Å². The van der Waals surface area contributed by atoms with Gasteiger partial charge in [-0.25, -0.2) is 8.42 Å². The van der Waals surface area contributed by atoms with Crippen LogP contribution < -0.4 is 14.4 Å². The van der Waals surface area contributed by atoms with Crippen LogP contribution in [-0.4, -0.2) is 33.2 Å². The molecule has 152 valence electrons. The second-order valence-corrected chi connectivity index (χ2v) is 9.07. The molecule has 1 atom stereocenters. The van der Waals surface area contributed by atoms with Crippen LogP contribution in [0, 0.1) is 0 Å². The number of carbonyl (C=O) groups is 1. The molecule has 4 aromatic rings. The molecular formula is C22H18N2O5S. The van der Waals surface area contributed by atoms with E-state index in [0.29, 0.717) is 22.7 Å². The summed E-state index contributed by atoms with van der Waals surface area (Å²) in [6.45, 7) is -0.103. The van der Waals surface area contributed by atoms with E-state index in [4.69, 9.17) is 9.15 Å². The highest BCUT2D eigenvalue weighted by Gasteiger charge is 2.34. The summed E-state index contributed by atoms with van der Waals surface area (Å²) in [4.78, 5) is 12.9. The van der Waals surface area contributed by atoms with Gasteiger partial charge in [-0.1, -0.05) is 30.3 Å². The Bertz CT molecular complexity index is 1390. The maximum Gasteiger partial charge on any atom is 0.267 e. The first-order valence-electron chi connectivity index (χ1n) is 9.36. The monoisotopic (exact) mass is 422 g/mol. The number of nitrogens with one attached hydrogen (secondary N) is 1. The number of nitrogens with zero attached hydrogens (tertiary/aromatic N) is 1. The fraction of sp³-hybridized carbons (Fsp3) is 0.136. The quantitative estimate of drug-likeness (QED) is 0.543. The first-order valence-corrected chi connectivity index (χ1v) is 11.2. The second-order valence-electron chi connectivity index (χ2n) is 7.17.